The molecule has 1 atom stereocenters. The Labute approximate surface area is 126 Å². The smallest absolute Gasteiger partial charge is 0.156 e. The summed E-state index contributed by atoms with van der Waals surface area (Å²) in [5, 5.41) is -0.334. The van der Waals surface area contributed by atoms with Crippen LogP contribution in [0.2, 0.25) is 0 Å². The number of hydrogen-bond acceptors (Lipinski definition) is 6. The Balaban J connectivity index is 1.77. The maximum absolute atomic E-state index is 11.8. The van der Waals surface area contributed by atoms with Gasteiger partial charge in [0.25, 0.3) is 0 Å². The van der Waals surface area contributed by atoms with Crippen LogP contribution < -0.4 is 9.80 Å². The van der Waals surface area contributed by atoms with Gasteiger partial charge in [0.05, 0.1) is 11.0 Å². The maximum Gasteiger partial charge on any atom is 0.156 e. The number of rotatable bonds is 2. The number of nitrogens with zero attached hydrogens (tertiary/aromatic N) is 4. The topological polar surface area (TPSA) is 66.4 Å². The highest BCUT2D eigenvalue weighted by Crippen LogP contribution is 2.23. The van der Waals surface area contributed by atoms with E-state index in [0.29, 0.717) is 13.1 Å². The number of aromatic nitrogens is 2. The molecule has 1 aromatic heterocycles. The molecule has 1 unspecified atom stereocenters. The first-order valence-electron chi connectivity index (χ1n) is 7.60. The third-order valence-corrected chi connectivity index (χ3v) is 6.51. The normalized spacial score (nSPS) is 25.9. The highest BCUT2D eigenvalue weighted by molar-refractivity contribution is 7.92. The largest absolute Gasteiger partial charge is 0.356 e. The molecule has 7 heteroatoms. The molecule has 2 aliphatic heterocycles. The van der Waals surface area contributed by atoms with Crippen molar-refractivity contribution in [1.82, 2.24) is 9.97 Å². The van der Waals surface area contributed by atoms with Crippen LogP contribution in [-0.2, 0) is 9.84 Å². The molecule has 116 valence electrons. The van der Waals surface area contributed by atoms with Gasteiger partial charge in [0.15, 0.2) is 9.84 Å². The van der Waals surface area contributed by atoms with Gasteiger partial charge in [-0.3, -0.25) is 0 Å². The summed E-state index contributed by atoms with van der Waals surface area (Å²) in [5.41, 5.74) is 0. The van der Waals surface area contributed by atoms with Crippen LogP contribution in [0.5, 0.6) is 0 Å². The van der Waals surface area contributed by atoms with E-state index >= 15 is 0 Å². The van der Waals surface area contributed by atoms with Crippen LogP contribution >= 0.6 is 0 Å². The zero-order valence-corrected chi connectivity index (χ0v) is 13.2. The van der Waals surface area contributed by atoms with Gasteiger partial charge in [-0.25, -0.2) is 18.4 Å². The predicted molar refractivity (Wildman–Crippen MR) is 83.6 cm³/mol. The minimum absolute atomic E-state index is 0.206. The van der Waals surface area contributed by atoms with Gasteiger partial charge in [-0.05, 0) is 26.2 Å². The van der Waals surface area contributed by atoms with Crippen LogP contribution in [-0.4, -0.2) is 55.6 Å². The standard InChI is InChI=1S/C14H22N4O2S/c1-12-10-18(7-8-21(12,19)20)14-9-13(15-11-16-14)17-5-3-2-4-6-17/h9,11-12H,2-8,10H2,1H3. The quantitative estimate of drug-likeness (QED) is 0.814. The first-order valence-corrected chi connectivity index (χ1v) is 9.31. The molecule has 0 aromatic carbocycles. The summed E-state index contributed by atoms with van der Waals surface area (Å²) in [6.07, 6.45) is 5.29. The Morgan fingerprint density at radius 2 is 1.71 bits per heavy atom. The van der Waals surface area contributed by atoms with Crippen LogP contribution in [0.15, 0.2) is 12.4 Å². The summed E-state index contributed by atoms with van der Waals surface area (Å²) in [5.74, 6) is 2.00. The van der Waals surface area contributed by atoms with E-state index in [1.54, 1.807) is 13.3 Å². The average Bonchev–Trinajstić information content (AvgIpc) is 2.51. The van der Waals surface area contributed by atoms with Gasteiger partial charge in [0.1, 0.15) is 18.0 Å². The fourth-order valence-corrected chi connectivity index (χ4v) is 4.25. The van der Waals surface area contributed by atoms with E-state index in [-0.39, 0.29) is 11.0 Å². The minimum Gasteiger partial charge on any atom is -0.356 e. The summed E-state index contributed by atoms with van der Waals surface area (Å²) in [6, 6.07) is 2.00. The molecule has 0 aliphatic carbocycles. The van der Waals surface area contributed by atoms with Crippen LogP contribution in [0.1, 0.15) is 26.2 Å². The fourth-order valence-electron chi connectivity index (χ4n) is 2.97. The van der Waals surface area contributed by atoms with Crippen molar-refractivity contribution in [2.75, 3.05) is 41.7 Å². The second-order valence-electron chi connectivity index (χ2n) is 5.91. The first-order chi connectivity index (χ1) is 10.1. The number of sulfone groups is 1. The van der Waals surface area contributed by atoms with E-state index in [1.165, 1.54) is 19.3 Å². The first kappa shape index (κ1) is 14.6. The molecule has 0 radical (unpaired) electrons. The zero-order chi connectivity index (χ0) is 14.9. The van der Waals surface area contributed by atoms with Crippen molar-refractivity contribution in [3.05, 3.63) is 12.4 Å². The Morgan fingerprint density at radius 3 is 2.38 bits per heavy atom. The summed E-state index contributed by atoms with van der Waals surface area (Å²) in [4.78, 5) is 13.1. The van der Waals surface area contributed by atoms with Gasteiger partial charge >= 0.3 is 0 Å². The molecule has 2 saturated heterocycles. The SMILES string of the molecule is CC1CN(c2cc(N3CCCCC3)ncn2)CCS1(=O)=O. The van der Waals surface area contributed by atoms with E-state index in [1.807, 2.05) is 6.07 Å². The lowest BCUT2D eigenvalue weighted by Crippen LogP contribution is -2.46. The van der Waals surface area contributed by atoms with E-state index in [9.17, 15) is 8.42 Å². The van der Waals surface area contributed by atoms with Gasteiger partial charge in [0, 0.05) is 32.2 Å². The van der Waals surface area contributed by atoms with E-state index in [4.69, 9.17) is 0 Å². The van der Waals surface area contributed by atoms with Crippen molar-refractivity contribution >= 4 is 21.5 Å². The molecule has 6 nitrogen and oxygen atoms in total. The zero-order valence-electron chi connectivity index (χ0n) is 12.4. The molecule has 0 N–H and O–H groups in total. The number of hydrogen-bond donors (Lipinski definition) is 0. The van der Waals surface area contributed by atoms with Crippen LogP contribution in [0.4, 0.5) is 11.6 Å². The lowest BCUT2D eigenvalue weighted by Gasteiger charge is -2.33. The van der Waals surface area contributed by atoms with Crippen molar-refractivity contribution < 1.29 is 8.42 Å². The minimum atomic E-state index is -2.93. The van der Waals surface area contributed by atoms with Crippen molar-refractivity contribution in [3.8, 4) is 0 Å². The monoisotopic (exact) mass is 310 g/mol. The predicted octanol–water partition coefficient (Wildman–Crippen LogP) is 1.09. The van der Waals surface area contributed by atoms with Crippen LogP contribution in [0, 0.1) is 0 Å². The van der Waals surface area contributed by atoms with E-state index < -0.39 is 9.84 Å². The summed E-state index contributed by atoms with van der Waals surface area (Å²) < 4.78 is 23.6. The molecule has 2 aliphatic rings. The summed E-state index contributed by atoms with van der Waals surface area (Å²) >= 11 is 0. The van der Waals surface area contributed by atoms with Crippen molar-refractivity contribution in [1.29, 1.82) is 0 Å². The molecular weight excluding hydrogens is 288 g/mol. The van der Waals surface area contributed by atoms with Gasteiger partial charge < -0.3 is 9.80 Å². The highest BCUT2D eigenvalue weighted by Gasteiger charge is 2.30. The second-order valence-corrected chi connectivity index (χ2v) is 8.44. The molecular formula is C14H22N4O2S. The Bertz CT molecular complexity index is 599. The molecule has 0 saturated carbocycles. The molecule has 21 heavy (non-hydrogen) atoms. The van der Waals surface area contributed by atoms with Crippen molar-refractivity contribution in [2.45, 2.75) is 31.4 Å². The molecule has 2 fully saturated rings. The van der Waals surface area contributed by atoms with E-state index in [2.05, 4.69) is 19.8 Å². The van der Waals surface area contributed by atoms with Gasteiger partial charge in [0.2, 0.25) is 0 Å². The lowest BCUT2D eigenvalue weighted by atomic mass is 10.1. The maximum atomic E-state index is 11.8. The Kier molecular flexibility index (Phi) is 4.01. The van der Waals surface area contributed by atoms with Crippen molar-refractivity contribution in [3.63, 3.8) is 0 Å². The molecule has 0 spiro atoms. The van der Waals surface area contributed by atoms with Gasteiger partial charge in [-0.15, -0.1) is 0 Å². The van der Waals surface area contributed by atoms with Crippen LogP contribution in [0.3, 0.4) is 0 Å². The molecule has 0 bridgehead atoms. The average molecular weight is 310 g/mol. The van der Waals surface area contributed by atoms with Gasteiger partial charge in [-0.2, -0.15) is 0 Å². The third kappa shape index (κ3) is 3.12. The van der Waals surface area contributed by atoms with Gasteiger partial charge in [-0.1, -0.05) is 0 Å². The Morgan fingerprint density at radius 1 is 1.05 bits per heavy atom. The highest BCUT2D eigenvalue weighted by atomic mass is 32.2. The number of piperidine rings is 1. The second kappa shape index (κ2) is 5.79. The molecule has 0 amide bonds. The summed E-state index contributed by atoms with van der Waals surface area (Å²) in [7, 11) is -2.93. The summed E-state index contributed by atoms with van der Waals surface area (Å²) in [6.45, 7) is 4.89. The number of anilines is 2. The Hall–Kier alpha value is -1.37. The lowest BCUT2D eigenvalue weighted by molar-refractivity contribution is 0.567. The van der Waals surface area contributed by atoms with Crippen molar-refractivity contribution in [2.24, 2.45) is 0 Å². The van der Waals surface area contributed by atoms with Crippen LogP contribution in [0.25, 0.3) is 0 Å². The molecule has 3 heterocycles. The third-order valence-electron chi connectivity index (χ3n) is 4.38. The fraction of sp³-hybridized carbons (Fsp3) is 0.714. The molecule has 1 aromatic rings. The molecule has 3 rings (SSSR count). The van der Waals surface area contributed by atoms with E-state index in [0.717, 1.165) is 24.7 Å².